The molecule has 20 heavy (non-hydrogen) atoms. The largest absolute Gasteiger partial charge is 0.382 e. The number of nitrogens with one attached hydrogen (secondary N) is 2. The number of amides is 2. The summed E-state index contributed by atoms with van der Waals surface area (Å²) in [6.45, 7) is 2.10. The van der Waals surface area contributed by atoms with Crippen LogP contribution in [0.15, 0.2) is 24.3 Å². The lowest BCUT2D eigenvalue weighted by atomic mass is 9.87. The summed E-state index contributed by atoms with van der Waals surface area (Å²) >= 11 is 0. The van der Waals surface area contributed by atoms with Crippen LogP contribution >= 0.6 is 0 Å². The second kappa shape index (κ2) is 5.94. The number of rotatable bonds is 3. The lowest BCUT2D eigenvalue weighted by Crippen LogP contribution is -2.46. The normalized spacial score (nSPS) is 20.6. The molecule has 0 aromatic heterocycles. The molecule has 2 rings (SSSR count). The van der Waals surface area contributed by atoms with Gasteiger partial charge in [0.05, 0.1) is 12.5 Å². The van der Waals surface area contributed by atoms with Crippen LogP contribution in [-0.2, 0) is 16.0 Å². The smallest absolute Gasteiger partial charge is 0.239 e. The van der Waals surface area contributed by atoms with Crippen LogP contribution in [0.5, 0.6) is 0 Å². The van der Waals surface area contributed by atoms with Gasteiger partial charge in [0.25, 0.3) is 0 Å². The first-order valence-electron chi connectivity index (χ1n) is 6.83. The van der Waals surface area contributed by atoms with Crippen LogP contribution in [0.3, 0.4) is 0 Å². The van der Waals surface area contributed by atoms with E-state index in [1.54, 1.807) is 14.1 Å². The van der Waals surface area contributed by atoms with Crippen molar-refractivity contribution in [3.63, 3.8) is 0 Å². The molecule has 1 aromatic rings. The molecular formula is C15H21N3O2. The van der Waals surface area contributed by atoms with E-state index in [0.29, 0.717) is 6.42 Å². The Balaban J connectivity index is 2.09. The molecule has 0 aliphatic carbocycles. The number of hydrogen-bond acceptors (Lipinski definition) is 3. The number of benzene rings is 1. The predicted octanol–water partition coefficient (Wildman–Crippen LogP) is 0.864. The molecule has 2 amide bonds. The van der Waals surface area contributed by atoms with Gasteiger partial charge in [-0.3, -0.25) is 9.59 Å². The Labute approximate surface area is 119 Å². The SMILES string of the molecule is CNC(=O)CN(C)C(=O)C1Cc2ccccc2NC1C. The number of fused-ring (bicyclic) bond motifs is 1. The highest BCUT2D eigenvalue weighted by atomic mass is 16.2. The van der Waals surface area contributed by atoms with Gasteiger partial charge in [-0.25, -0.2) is 0 Å². The fraction of sp³-hybridized carbons (Fsp3) is 0.467. The first-order chi connectivity index (χ1) is 9.52. The van der Waals surface area contributed by atoms with E-state index in [2.05, 4.69) is 10.6 Å². The van der Waals surface area contributed by atoms with Crippen molar-refractivity contribution in [2.24, 2.45) is 5.92 Å². The molecule has 2 unspecified atom stereocenters. The molecule has 5 nitrogen and oxygen atoms in total. The van der Waals surface area contributed by atoms with Crippen molar-refractivity contribution in [1.82, 2.24) is 10.2 Å². The van der Waals surface area contributed by atoms with Gasteiger partial charge >= 0.3 is 0 Å². The Bertz CT molecular complexity index is 516. The summed E-state index contributed by atoms with van der Waals surface area (Å²) < 4.78 is 0. The van der Waals surface area contributed by atoms with E-state index in [0.717, 1.165) is 11.3 Å². The molecule has 2 atom stereocenters. The summed E-state index contributed by atoms with van der Waals surface area (Å²) in [5.41, 5.74) is 2.25. The molecule has 5 heteroatoms. The van der Waals surface area contributed by atoms with E-state index >= 15 is 0 Å². The zero-order valence-corrected chi connectivity index (χ0v) is 12.1. The zero-order valence-electron chi connectivity index (χ0n) is 12.1. The quantitative estimate of drug-likeness (QED) is 0.860. The molecule has 0 spiro atoms. The second-order valence-corrected chi connectivity index (χ2v) is 5.27. The van der Waals surface area contributed by atoms with E-state index in [9.17, 15) is 9.59 Å². The minimum Gasteiger partial charge on any atom is -0.382 e. The molecule has 1 aromatic carbocycles. The lowest BCUT2D eigenvalue weighted by Gasteiger charge is -2.33. The van der Waals surface area contributed by atoms with Gasteiger partial charge in [0.2, 0.25) is 11.8 Å². The van der Waals surface area contributed by atoms with E-state index in [-0.39, 0.29) is 30.3 Å². The Morgan fingerprint density at radius 1 is 1.40 bits per heavy atom. The molecule has 108 valence electrons. The Morgan fingerprint density at radius 2 is 2.10 bits per heavy atom. The van der Waals surface area contributed by atoms with Gasteiger partial charge in [0.1, 0.15) is 0 Å². The van der Waals surface area contributed by atoms with Crippen molar-refractivity contribution >= 4 is 17.5 Å². The van der Waals surface area contributed by atoms with Crippen molar-refractivity contribution < 1.29 is 9.59 Å². The predicted molar refractivity (Wildman–Crippen MR) is 78.4 cm³/mol. The first-order valence-corrected chi connectivity index (χ1v) is 6.83. The van der Waals surface area contributed by atoms with Gasteiger partial charge in [-0.2, -0.15) is 0 Å². The van der Waals surface area contributed by atoms with Crippen LogP contribution in [0.25, 0.3) is 0 Å². The molecule has 0 radical (unpaired) electrons. The second-order valence-electron chi connectivity index (χ2n) is 5.27. The standard InChI is InChI=1S/C15H21N3O2/c1-10-12(15(20)18(3)9-14(19)16-2)8-11-6-4-5-7-13(11)17-10/h4-7,10,12,17H,8-9H2,1-3H3,(H,16,19). The third-order valence-corrected chi connectivity index (χ3v) is 3.80. The van der Waals surface area contributed by atoms with Crippen molar-refractivity contribution in [3.05, 3.63) is 29.8 Å². The lowest BCUT2D eigenvalue weighted by molar-refractivity contribution is -0.138. The topological polar surface area (TPSA) is 61.4 Å². The molecule has 1 aliphatic heterocycles. The maximum Gasteiger partial charge on any atom is 0.239 e. The number of likely N-dealkylation sites (N-methyl/N-ethyl adjacent to an activating group) is 2. The van der Waals surface area contributed by atoms with E-state index in [1.165, 1.54) is 4.90 Å². The highest BCUT2D eigenvalue weighted by Crippen LogP contribution is 2.29. The average molecular weight is 275 g/mol. The minimum atomic E-state index is -0.155. The Hall–Kier alpha value is -2.04. The van der Waals surface area contributed by atoms with Crippen LogP contribution in [0.2, 0.25) is 0 Å². The van der Waals surface area contributed by atoms with Gasteiger partial charge in [0.15, 0.2) is 0 Å². The van der Waals surface area contributed by atoms with Crippen LogP contribution in [0.4, 0.5) is 5.69 Å². The van der Waals surface area contributed by atoms with Crippen molar-refractivity contribution in [2.45, 2.75) is 19.4 Å². The van der Waals surface area contributed by atoms with Crippen molar-refractivity contribution in [2.75, 3.05) is 26.0 Å². The van der Waals surface area contributed by atoms with E-state index in [4.69, 9.17) is 0 Å². The third-order valence-electron chi connectivity index (χ3n) is 3.80. The van der Waals surface area contributed by atoms with Crippen molar-refractivity contribution in [3.8, 4) is 0 Å². The van der Waals surface area contributed by atoms with E-state index < -0.39 is 0 Å². The molecule has 1 aliphatic rings. The molecule has 1 heterocycles. The summed E-state index contributed by atoms with van der Waals surface area (Å²) in [6.07, 6.45) is 0.710. The number of carbonyl (C=O) groups excluding carboxylic acids is 2. The molecular weight excluding hydrogens is 254 g/mol. The maximum atomic E-state index is 12.5. The summed E-state index contributed by atoms with van der Waals surface area (Å²) in [7, 11) is 3.24. The zero-order chi connectivity index (χ0) is 14.7. The molecule has 0 saturated heterocycles. The number of para-hydroxylation sites is 1. The highest BCUT2D eigenvalue weighted by molar-refractivity contribution is 5.86. The summed E-state index contributed by atoms with van der Waals surface area (Å²) in [5.74, 6) is -0.291. The third kappa shape index (κ3) is 2.92. The van der Waals surface area contributed by atoms with Crippen molar-refractivity contribution in [1.29, 1.82) is 0 Å². The molecule has 0 bridgehead atoms. The summed E-state index contributed by atoms with van der Waals surface area (Å²) in [4.78, 5) is 25.3. The average Bonchev–Trinajstić information content (AvgIpc) is 2.45. The fourth-order valence-corrected chi connectivity index (χ4v) is 2.56. The van der Waals surface area contributed by atoms with Crippen LogP contribution in [0, 0.1) is 5.92 Å². The van der Waals surface area contributed by atoms with Gasteiger partial charge < -0.3 is 15.5 Å². The fourth-order valence-electron chi connectivity index (χ4n) is 2.56. The summed E-state index contributed by atoms with van der Waals surface area (Å²) in [6, 6.07) is 8.09. The van der Waals surface area contributed by atoms with Gasteiger partial charge in [-0.05, 0) is 25.0 Å². The van der Waals surface area contributed by atoms with E-state index in [1.807, 2.05) is 31.2 Å². The monoisotopic (exact) mass is 275 g/mol. The highest BCUT2D eigenvalue weighted by Gasteiger charge is 2.32. The Morgan fingerprint density at radius 3 is 2.80 bits per heavy atom. The number of anilines is 1. The van der Waals surface area contributed by atoms with Crippen LogP contribution in [0.1, 0.15) is 12.5 Å². The summed E-state index contributed by atoms with van der Waals surface area (Å²) in [5, 5.41) is 5.90. The molecule has 0 fully saturated rings. The number of hydrogen-bond donors (Lipinski definition) is 2. The number of carbonyl (C=O) groups is 2. The molecule has 0 saturated carbocycles. The molecule has 2 N–H and O–H groups in total. The van der Waals surface area contributed by atoms with Gasteiger partial charge in [-0.15, -0.1) is 0 Å². The van der Waals surface area contributed by atoms with Gasteiger partial charge in [-0.1, -0.05) is 18.2 Å². The van der Waals surface area contributed by atoms with Crippen LogP contribution < -0.4 is 10.6 Å². The van der Waals surface area contributed by atoms with Crippen LogP contribution in [-0.4, -0.2) is 43.4 Å². The Kier molecular flexibility index (Phi) is 4.27. The van der Waals surface area contributed by atoms with Gasteiger partial charge in [0, 0.05) is 25.8 Å². The minimum absolute atomic E-state index is 0.00287. The first kappa shape index (κ1) is 14.4. The maximum absolute atomic E-state index is 12.5. The number of nitrogens with zero attached hydrogens (tertiary/aromatic N) is 1.